The van der Waals surface area contributed by atoms with Crippen LogP contribution in [0.5, 0.6) is 0 Å². The molecule has 1 amide bonds. The fourth-order valence-electron chi connectivity index (χ4n) is 2.17. The summed E-state index contributed by atoms with van der Waals surface area (Å²) in [5.74, 6) is -1.16. The van der Waals surface area contributed by atoms with E-state index in [9.17, 15) is 14.7 Å². The zero-order valence-electron chi connectivity index (χ0n) is 11.9. The number of likely N-dealkylation sites (N-methyl/N-ethyl adjacent to an activating group) is 1. The van der Waals surface area contributed by atoms with Crippen LogP contribution in [0.1, 0.15) is 36.8 Å². The minimum absolute atomic E-state index is 0.263. The maximum atomic E-state index is 11.6. The van der Waals surface area contributed by atoms with Gasteiger partial charge in [0.1, 0.15) is 16.9 Å². The highest BCUT2D eigenvalue weighted by molar-refractivity contribution is 6.00. The molecule has 106 valence electrons. The molecular weight excluding hydrogens is 248 g/mol. The summed E-state index contributed by atoms with van der Waals surface area (Å²) < 4.78 is 1.49. The van der Waals surface area contributed by atoms with E-state index in [0.29, 0.717) is 18.1 Å². The summed E-state index contributed by atoms with van der Waals surface area (Å²) in [6.07, 6.45) is 0. The third kappa shape index (κ3) is 2.40. The molecule has 0 atom stereocenters. The molecule has 7 nitrogen and oxygen atoms in total. The fourth-order valence-corrected chi connectivity index (χ4v) is 2.17. The van der Waals surface area contributed by atoms with E-state index < -0.39 is 17.4 Å². The normalized spacial score (nSPS) is 11.4. The molecule has 0 bridgehead atoms. The molecule has 3 N–H and O–H groups in total. The molecule has 0 aromatic carbocycles. The quantitative estimate of drug-likeness (QED) is 0.810. The van der Waals surface area contributed by atoms with E-state index >= 15 is 0 Å². The standard InChI is InChI=1S/C12H20N4O3/c1-6-16(12(3,4)11(18)19)10-8(9(13)17)7(2)14-15(10)5/h6H2,1-5H3,(H2,13,17)(H,18,19). The molecule has 0 unspecified atom stereocenters. The van der Waals surface area contributed by atoms with Crippen LogP contribution in [-0.4, -0.2) is 38.8 Å². The van der Waals surface area contributed by atoms with E-state index in [1.54, 1.807) is 32.7 Å². The van der Waals surface area contributed by atoms with Gasteiger partial charge in [-0.2, -0.15) is 5.10 Å². The van der Waals surface area contributed by atoms with Crippen LogP contribution in [0.2, 0.25) is 0 Å². The molecule has 0 saturated heterocycles. The highest BCUT2D eigenvalue weighted by Gasteiger charge is 2.37. The lowest BCUT2D eigenvalue weighted by Gasteiger charge is -2.36. The van der Waals surface area contributed by atoms with Crippen LogP contribution < -0.4 is 10.6 Å². The number of nitrogens with two attached hydrogens (primary N) is 1. The lowest BCUT2D eigenvalue weighted by molar-refractivity contribution is -0.142. The van der Waals surface area contributed by atoms with Crippen LogP contribution in [-0.2, 0) is 11.8 Å². The predicted octanol–water partition coefficient (Wildman–Crippen LogP) is 0.517. The molecule has 0 aliphatic heterocycles. The summed E-state index contributed by atoms with van der Waals surface area (Å²) in [4.78, 5) is 24.6. The molecule has 1 heterocycles. The number of carbonyl (C=O) groups excluding carboxylic acids is 1. The van der Waals surface area contributed by atoms with E-state index in [4.69, 9.17) is 5.73 Å². The van der Waals surface area contributed by atoms with Crippen LogP contribution in [0.25, 0.3) is 0 Å². The Bertz CT molecular complexity index is 519. The Hall–Kier alpha value is -2.05. The Balaban J connectivity index is 3.50. The molecule has 7 heteroatoms. The first kappa shape index (κ1) is 15.0. The second-order valence-corrected chi connectivity index (χ2v) is 4.88. The SMILES string of the molecule is CCN(c1c(C(N)=O)c(C)nn1C)C(C)(C)C(=O)O. The molecule has 0 spiro atoms. The van der Waals surface area contributed by atoms with Gasteiger partial charge < -0.3 is 15.7 Å². The number of aryl methyl sites for hydroxylation is 2. The van der Waals surface area contributed by atoms with Gasteiger partial charge in [0.05, 0.1) is 5.69 Å². The summed E-state index contributed by atoms with van der Waals surface area (Å²) >= 11 is 0. The number of carbonyl (C=O) groups is 2. The van der Waals surface area contributed by atoms with Crippen molar-refractivity contribution in [2.24, 2.45) is 12.8 Å². The molecule has 1 aromatic heterocycles. The Morgan fingerprint density at radius 2 is 2.00 bits per heavy atom. The topological polar surface area (TPSA) is 101 Å². The number of aromatic nitrogens is 2. The number of hydrogen-bond donors (Lipinski definition) is 2. The van der Waals surface area contributed by atoms with Crippen molar-refractivity contribution < 1.29 is 14.7 Å². The minimum atomic E-state index is -1.17. The summed E-state index contributed by atoms with van der Waals surface area (Å²) in [7, 11) is 1.66. The smallest absolute Gasteiger partial charge is 0.328 e. The van der Waals surface area contributed by atoms with Crippen LogP contribution in [0.15, 0.2) is 0 Å². The minimum Gasteiger partial charge on any atom is -0.480 e. The number of amides is 1. The van der Waals surface area contributed by atoms with Gasteiger partial charge in [0.2, 0.25) is 0 Å². The highest BCUT2D eigenvalue weighted by Crippen LogP contribution is 2.29. The number of hydrogen-bond acceptors (Lipinski definition) is 4. The van der Waals surface area contributed by atoms with Crippen molar-refractivity contribution in [2.75, 3.05) is 11.4 Å². The first-order valence-electron chi connectivity index (χ1n) is 5.99. The molecule has 0 aliphatic rings. The predicted molar refractivity (Wildman–Crippen MR) is 71.2 cm³/mol. The van der Waals surface area contributed by atoms with Gasteiger partial charge in [-0.25, -0.2) is 4.79 Å². The lowest BCUT2D eigenvalue weighted by Crippen LogP contribution is -2.51. The third-order valence-corrected chi connectivity index (χ3v) is 3.21. The van der Waals surface area contributed by atoms with Gasteiger partial charge >= 0.3 is 5.97 Å². The maximum Gasteiger partial charge on any atom is 0.328 e. The molecule has 0 aliphatic carbocycles. The van der Waals surface area contributed by atoms with Crippen molar-refractivity contribution in [2.45, 2.75) is 33.2 Å². The largest absolute Gasteiger partial charge is 0.480 e. The number of rotatable bonds is 5. The number of nitrogens with zero attached hydrogens (tertiary/aromatic N) is 3. The van der Waals surface area contributed by atoms with Crippen molar-refractivity contribution in [3.05, 3.63) is 11.3 Å². The molecule has 1 aromatic rings. The summed E-state index contributed by atoms with van der Waals surface area (Å²) in [6, 6.07) is 0. The maximum absolute atomic E-state index is 11.6. The van der Waals surface area contributed by atoms with Crippen LogP contribution in [0.4, 0.5) is 5.82 Å². The monoisotopic (exact) mass is 268 g/mol. The van der Waals surface area contributed by atoms with Crippen molar-refractivity contribution in [1.82, 2.24) is 9.78 Å². The number of carboxylic acid groups (broad SMARTS) is 1. The third-order valence-electron chi connectivity index (χ3n) is 3.21. The van der Waals surface area contributed by atoms with Crippen LogP contribution in [0.3, 0.4) is 0 Å². The molecular formula is C12H20N4O3. The summed E-state index contributed by atoms with van der Waals surface area (Å²) in [5, 5.41) is 13.5. The lowest BCUT2D eigenvalue weighted by atomic mass is 10.0. The second-order valence-electron chi connectivity index (χ2n) is 4.88. The van der Waals surface area contributed by atoms with E-state index in [1.165, 1.54) is 4.68 Å². The average molecular weight is 268 g/mol. The van der Waals surface area contributed by atoms with Gasteiger partial charge in [0, 0.05) is 13.6 Å². The highest BCUT2D eigenvalue weighted by atomic mass is 16.4. The molecule has 0 saturated carbocycles. The zero-order valence-corrected chi connectivity index (χ0v) is 11.9. The van der Waals surface area contributed by atoms with Gasteiger partial charge in [-0.3, -0.25) is 9.48 Å². The average Bonchev–Trinajstić information content (AvgIpc) is 2.54. The molecule has 0 fully saturated rings. The first-order chi connectivity index (χ1) is 8.64. The Labute approximate surface area is 112 Å². The number of carboxylic acids is 1. The van der Waals surface area contributed by atoms with Crippen LogP contribution in [0, 0.1) is 6.92 Å². The molecule has 1 rings (SSSR count). The van der Waals surface area contributed by atoms with Gasteiger partial charge in [-0.15, -0.1) is 0 Å². The van der Waals surface area contributed by atoms with Crippen molar-refractivity contribution in [3.63, 3.8) is 0 Å². The van der Waals surface area contributed by atoms with E-state index in [1.807, 2.05) is 6.92 Å². The second kappa shape index (κ2) is 4.91. The van der Waals surface area contributed by atoms with Gasteiger partial charge in [-0.1, -0.05) is 0 Å². The fraction of sp³-hybridized carbons (Fsp3) is 0.583. The van der Waals surface area contributed by atoms with Crippen LogP contribution >= 0.6 is 0 Å². The number of primary amides is 1. The summed E-state index contributed by atoms with van der Waals surface area (Å²) in [5.41, 5.74) is 4.96. The van der Waals surface area contributed by atoms with Gasteiger partial charge in [0.25, 0.3) is 5.91 Å². The number of anilines is 1. The molecule has 0 radical (unpaired) electrons. The van der Waals surface area contributed by atoms with Crippen molar-refractivity contribution in [3.8, 4) is 0 Å². The first-order valence-corrected chi connectivity index (χ1v) is 5.99. The van der Waals surface area contributed by atoms with E-state index in [0.717, 1.165) is 0 Å². The molecule has 19 heavy (non-hydrogen) atoms. The van der Waals surface area contributed by atoms with Crippen molar-refractivity contribution in [1.29, 1.82) is 0 Å². The number of aliphatic carboxylic acids is 1. The Morgan fingerprint density at radius 3 is 2.37 bits per heavy atom. The van der Waals surface area contributed by atoms with Gasteiger partial charge in [0.15, 0.2) is 0 Å². The summed E-state index contributed by atoms with van der Waals surface area (Å²) in [6.45, 7) is 7.05. The zero-order chi connectivity index (χ0) is 15.0. The van der Waals surface area contributed by atoms with E-state index in [-0.39, 0.29) is 5.56 Å². The Morgan fingerprint density at radius 1 is 1.47 bits per heavy atom. The van der Waals surface area contributed by atoms with Crippen molar-refractivity contribution >= 4 is 17.7 Å². The Kier molecular flexibility index (Phi) is 3.88. The van der Waals surface area contributed by atoms with Gasteiger partial charge in [-0.05, 0) is 27.7 Å². The van der Waals surface area contributed by atoms with E-state index in [2.05, 4.69) is 5.10 Å².